The van der Waals surface area contributed by atoms with Gasteiger partial charge in [-0.15, -0.1) is 0 Å². The fourth-order valence-corrected chi connectivity index (χ4v) is 1.92. The van der Waals surface area contributed by atoms with E-state index < -0.39 is 12.0 Å². The van der Waals surface area contributed by atoms with E-state index in [4.69, 9.17) is 5.11 Å². The minimum absolute atomic E-state index is 0.126. The van der Waals surface area contributed by atoms with E-state index in [1.165, 1.54) is 11.8 Å². The Labute approximate surface area is 83.9 Å². The number of hydrogen-bond acceptors (Lipinski definition) is 2. The Morgan fingerprint density at radius 3 is 2.43 bits per heavy atom. The van der Waals surface area contributed by atoms with Crippen molar-refractivity contribution in [1.29, 1.82) is 0 Å². The van der Waals surface area contributed by atoms with Crippen LogP contribution in [-0.2, 0) is 9.59 Å². The van der Waals surface area contributed by atoms with E-state index in [-0.39, 0.29) is 5.91 Å². The van der Waals surface area contributed by atoms with Gasteiger partial charge in [-0.25, -0.2) is 4.79 Å². The van der Waals surface area contributed by atoms with Gasteiger partial charge in [-0.05, 0) is 12.8 Å². The number of likely N-dealkylation sites (tertiary alicyclic amines) is 1. The molecule has 1 unspecified atom stereocenters. The van der Waals surface area contributed by atoms with Crippen LogP contribution in [0.2, 0.25) is 0 Å². The van der Waals surface area contributed by atoms with Gasteiger partial charge in [-0.3, -0.25) is 4.79 Å². The molecule has 0 radical (unpaired) electrons. The van der Waals surface area contributed by atoms with E-state index in [9.17, 15) is 9.59 Å². The van der Waals surface area contributed by atoms with Crippen LogP contribution in [0.15, 0.2) is 0 Å². The SMILES string of the molecule is CC(=O)N1CCCCCCC1C(=O)O. The summed E-state index contributed by atoms with van der Waals surface area (Å²) in [6.45, 7) is 2.03. The second-order valence-electron chi connectivity index (χ2n) is 3.77. The van der Waals surface area contributed by atoms with E-state index in [0.717, 1.165) is 25.7 Å². The summed E-state index contributed by atoms with van der Waals surface area (Å²) >= 11 is 0. The molecule has 80 valence electrons. The molecule has 1 atom stereocenters. The molecule has 1 fully saturated rings. The average Bonchev–Trinajstić information content (AvgIpc) is 2.01. The Morgan fingerprint density at radius 2 is 1.86 bits per heavy atom. The highest BCUT2D eigenvalue weighted by Gasteiger charge is 2.27. The summed E-state index contributed by atoms with van der Waals surface area (Å²) in [6, 6.07) is -0.604. The minimum atomic E-state index is -0.873. The van der Waals surface area contributed by atoms with Crippen molar-refractivity contribution >= 4 is 11.9 Å². The number of rotatable bonds is 1. The van der Waals surface area contributed by atoms with Crippen molar-refractivity contribution in [2.45, 2.75) is 45.1 Å². The van der Waals surface area contributed by atoms with Gasteiger partial charge in [0.25, 0.3) is 0 Å². The van der Waals surface area contributed by atoms with Gasteiger partial charge in [0.2, 0.25) is 5.91 Å². The Morgan fingerprint density at radius 1 is 1.21 bits per heavy atom. The summed E-state index contributed by atoms with van der Waals surface area (Å²) in [7, 11) is 0. The van der Waals surface area contributed by atoms with Crippen molar-refractivity contribution in [1.82, 2.24) is 4.90 Å². The van der Waals surface area contributed by atoms with Gasteiger partial charge in [0.1, 0.15) is 6.04 Å². The zero-order valence-corrected chi connectivity index (χ0v) is 8.53. The summed E-state index contributed by atoms with van der Waals surface area (Å²) in [5.74, 6) is -0.999. The molecule has 1 aliphatic heterocycles. The normalized spacial score (nSPS) is 23.8. The third kappa shape index (κ3) is 2.72. The molecule has 1 aliphatic rings. The maximum absolute atomic E-state index is 11.2. The van der Waals surface area contributed by atoms with Gasteiger partial charge < -0.3 is 10.0 Å². The monoisotopic (exact) mass is 199 g/mol. The highest BCUT2D eigenvalue weighted by Crippen LogP contribution is 2.16. The van der Waals surface area contributed by atoms with Crippen LogP contribution < -0.4 is 0 Å². The Balaban J connectivity index is 2.70. The lowest BCUT2D eigenvalue weighted by Gasteiger charge is -2.29. The Bertz CT molecular complexity index is 203. The number of carbonyl (C=O) groups excluding carboxylic acids is 1. The van der Waals surface area contributed by atoms with Crippen LogP contribution in [0, 0.1) is 0 Å². The lowest BCUT2D eigenvalue weighted by atomic mass is 10.0. The predicted octanol–water partition coefficient (Wildman–Crippen LogP) is 1.25. The van der Waals surface area contributed by atoms with Gasteiger partial charge >= 0.3 is 5.97 Å². The smallest absolute Gasteiger partial charge is 0.326 e. The van der Waals surface area contributed by atoms with Gasteiger partial charge in [0.15, 0.2) is 0 Å². The molecular formula is C10H17NO3. The van der Waals surface area contributed by atoms with E-state index in [1.807, 2.05) is 0 Å². The molecule has 0 aromatic carbocycles. The maximum atomic E-state index is 11.2. The minimum Gasteiger partial charge on any atom is -0.480 e. The number of hydrogen-bond donors (Lipinski definition) is 1. The predicted molar refractivity (Wildman–Crippen MR) is 51.9 cm³/mol. The van der Waals surface area contributed by atoms with Gasteiger partial charge in [-0.1, -0.05) is 19.3 Å². The zero-order chi connectivity index (χ0) is 10.6. The topological polar surface area (TPSA) is 57.6 Å². The first-order valence-electron chi connectivity index (χ1n) is 5.13. The largest absolute Gasteiger partial charge is 0.480 e. The van der Waals surface area contributed by atoms with E-state index >= 15 is 0 Å². The lowest BCUT2D eigenvalue weighted by Crippen LogP contribution is -2.45. The molecule has 0 saturated carbocycles. The molecule has 0 aromatic heterocycles. The molecule has 4 nitrogen and oxygen atoms in total. The number of carboxylic acid groups (broad SMARTS) is 1. The molecule has 0 aromatic rings. The fraction of sp³-hybridized carbons (Fsp3) is 0.800. The van der Waals surface area contributed by atoms with Crippen molar-refractivity contribution in [3.8, 4) is 0 Å². The second kappa shape index (κ2) is 4.98. The molecular weight excluding hydrogens is 182 g/mol. The summed E-state index contributed by atoms with van der Waals surface area (Å²) in [4.78, 5) is 23.7. The van der Waals surface area contributed by atoms with Crippen LogP contribution in [0.25, 0.3) is 0 Å². The van der Waals surface area contributed by atoms with Crippen LogP contribution >= 0.6 is 0 Å². The molecule has 1 rings (SSSR count). The lowest BCUT2D eigenvalue weighted by molar-refractivity contribution is -0.150. The third-order valence-corrected chi connectivity index (χ3v) is 2.69. The van der Waals surface area contributed by atoms with Crippen LogP contribution in [0.1, 0.15) is 39.0 Å². The van der Waals surface area contributed by atoms with Crippen molar-refractivity contribution in [3.63, 3.8) is 0 Å². The number of nitrogens with zero attached hydrogens (tertiary/aromatic N) is 1. The first-order valence-corrected chi connectivity index (χ1v) is 5.13. The molecule has 0 aliphatic carbocycles. The van der Waals surface area contributed by atoms with Crippen molar-refractivity contribution in [2.24, 2.45) is 0 Å². The number of carbonyl (C=O) groups is 2. The number of aliphatic carboxylic acids is 1. The van der Waals surface area contributed by atoms with Crippen molar-refractivity contribution in [3.05, 3.63) is 0 Å². The Kier molecular flexibility index (Phi) is 3.92. The summed E-state index contributed by atoms with van der Waals surface area (Å²) in [5, 5.41) is 8.98. The van der Waals surface area contributed by atoms with E-state index in [2.05, 4.69) is 0 Å². The average molecular weight is 199 g/mol. The third-order valence-electron chi connectivity index (χ3n) is 2.69. The number of amides is 1. The molecule has 1 saturated heterocycles. The highest BCUT2D eigenvalue weighted by molar-refractivity contribution is 5.82. The van der Waals surface area contributed by atoms with Gasteiger partial charge in [0.05, 0.1) is 0 Å². The Hall–Kier alpha value is -1.06. The molecule has 0 bridgehead atoms. The van der Waals surface area contributed by atoms with Crippen LogP contribution in [-0.4, -0.2) is 34.5 Å². The first kappa shape index (κ1) is 11.0. The van der Waals surface area contributed by atoms with Crippen LogP contribution in [0.5, 0.6) is 0 Å². The first-order chi connectivity index (χ1) is 6.63. The molecule has 14 heavy (non-hydrogen) atoms. The quantitative estimate of drug-likeness (QED) is 0.691. The zero-order valence-electron chi connectivity index (χ0n) is 8.53. The summed E-state index contributed by atoms with van der Waals surface area (Å²) < 4.78 is 0. The molecule has 1 amide bonds. The van der Waals surface area contributed by atoms with Crippen molar-refractivity contribution < 1.29 is 14.7 Å². The number of carboxylic acids is 1. The fourth-order valence-electron chi connectivity index (χ4n) is 1.92. The second-order valence-corrected chi connectivity index (χ2v) is 3.77. The van der Waals surface area contributed by atoms with Gasteiger partial charge in [0, 0.05) is 13.5 Å². The standard InChI is InChI=1S/C10H17NO3/c1-8(12)11-7-5-3-2-4-6-9(11)10(13)14/h9H,2-7H2,1H3,(H,13,14). The van der Waals surface area contributed by atoms with E-state index in [1.54, 1.807) is 0 Å². The summed E-state index contributed by atoms with van der Waals surface area (Å²) in [6.07, 6.45) is 4.59. The van der Waals surface area contributed by atoms with E-state index in [0.29, 0.717) is 13.0 Å². The summed E-state index contributed by atoms with van der Waals surface area (Å²) in [5.41, 5.74) is 0. The molecule has 4 heteroatoms. The van der Waals surface area contributed by atoms with Crippen molar-refractivity contribution in [2.75, 3.05) is 6.54 Å². The highest BCUT2D eigenvalue weighted by atomic mass is 16.4. The van der Waals surface area contributed by atoms with Crippen LogP contribution in [0.4, 0.5) is 0 Å². The van der Waals surface area contributed by atoms with Gasteiger partial charge in [-0.2, -0.15) is 0 Å². The maximum Gasteiger partial charge on any atom is 0.326 e. The molecule has 1 N–H and O–H groups in total. The molecule has 0 spiro atoms. The molecule has 1 heterocycles. The van der Waals surface area contributed by atoms with Crippen LogP contribution in [0.3, 0.4) is 0 Å².